The minimum Gasteiger partial charge on any atom is -0.474 e. The molecule has 5 nitrogen and oxygen atoms in total. The highest BCUT2D eigenvalue weighted by Crippen LogP contribution is 2.32. The van der Waals surface area contributed by atoms with Gasteiger partial charge in [-0.05, 0) is 52.3 Å². The van der Waals surface area contributed by atoms with Gasteiger partial charge < -0.3 is 15.4 Å². The minimum atomic E-state index is 0.239. The van der Waals surface area contributed by atoms with E-state index in [-0.39, 0.29) is 6.10 Å². The predicted molar refractivity (Wildman–Crippen MR) is 90.5 cm³/mol. The van der Waals surface area contributed by atoms with Gasteiger partial charge in [-0.3, -0.25) is 0 Å². The molecule has 0 aromatic carbocycles. The maximum Gasteiger partial charge on any atom is 0.225 e. The molecule has 2 heterocycles. The van der Waals surface area contributed by atoms with Crippen molar-refractivity contribution in [2.24, 2.45) is 5.73 Å². The molecule has 1 aliphatic carbocycles. The van der Waals surface area contributed by atoms with Gasteiger partial charge >= 0.3 is 0 Å². The Morgan fingerprint density at radius 3 is 2.77 bits per heavy atom. The van der Waals surface area contributed by atoms with Crippen LogP contribution < -0.4 is 10.5 Å². The van der Waals surface area contributed by atoms with Gasteiger partial charge in [0.15, 0.2) is 0 Å². The molecule has 0 atom stereocenters. The number of ether oxygens (including phenoxy) is 1. The molecule has 22 heavy (non-hydrogen) atoms. The lowest BCUT2D eigenvalue weighted by Crippen LogP contribution is -2.31. The van der Waals surface area contributed by atoms with Gasteiger partial charge in [0.2, 0.25) is 5.88 Å². The SMILES string of the molecule is CN(C)CCc1cc2c(OC3CCC(N)CC3)ncnc2s1. The van der Waals surface area contributed by atoms with Crippen LogP contribution >= 0.6 is 11.3 Å². The first-order valence-corrected chi connectivity index (χ1v) is 8.74. The Hall–Kier alpha value is -1.24. The summed E-state index contributed by atoms with van der Waals surface area (Å²) in [6.07, 6.45) is 6.99. The van der Waals surface area contributed by atoms with Gasteiger partial charge in [0.25, 0.3) is 0 Å². The summed E-state index contributed by atoms with van der Waals surface area (Å²) in [4.78, 5) is 13.3. The molecule has 0 bridgehead atoms. The number of nitrogens with zero attached hydrogens (tertiary/aromatic N) is 3. The second-order valence-electron chi connectivity index (χ2n) is 6.32. The van der Waals surface area contributed by atoms with Gasteiger partial charge in [0.05, 0.1) is 5.39 Å². The topological polar surface area (TPSA) is 64.3 Å². The number of fused-ring (bicyclic) bond motifs is 1. The highest BCUT2D eigenvalue weighted by Gasteiger charge is 2.21. The Balaban J connectivity index is 1.74. The number of likely N-dealkylation sites (N-methyl/N-ethyl adjacent to an activating group) is 1. The van der Waals surface area contributed by atoms with Gasteiger partial charge in [-0.1, -0.05) is 0 Å². The lowest BCUT2D eigenvalue weighted by molar-refractivity contribution is 0.143. The van der Waals surface area contributed by atoms with E-state index in [1.165, 1.54) is 4.88 Å². The summed E-state index contributed by atoms with van der Waals surface area (Å²) in [7, 11) is 4.19. The Bertz CT molecular complexity index is 620. The van der Waals surface area contributed by atoms with Crippen LogP contribution in [0.4, 0.5) is 0 Å². The highest BCUT2D eigenvalue weighted by atomic mass is 32.1. The van der Waals surface area contributed by atoms with E-state index in [9.17, 15) is 0 Å². The van der Waals surface area contributed by atoms with Crippen molar-refractivity contribution in [3.8, 4) is 5.88 Å². The minimum absolute atomic E-state index is 0.239. The van der Waals surface area contributed by atoms with Crippen LogP contribution in [0.3, 0.4) is 0 Å². The Labute approximate surface area is 135 Å². The van der Waals surface area contributed by atoms with Crippen molar-refractivity contribution < 1.29 is 4.74 Å². The zero-order valence-electron chi connectivity index (χ0n) is 13.3. The summed E-state index contributed by atoms with van der Waals surface area (Å²) in [5.74, 6) is 0.734. The second-order valence-corrected chi connectivity index (χ2v) is 7.43. The average Bonchev–Trinajstić information content (AvgIpc) is 2.92. The zero-order valence-corrected chi connectivity index (χ0v) is 14.1. The van der Waals surface area contributed by atoms with Crippen molar-refractivity contribution in [3.05, 3.63) is 17.3 Å². The second kappa shape index (κ2) is 6.89. The number of rotatable bonds is 5. The lowest BCUT2D eigenvalue weighted by Gasteiger charge is -2.26. The number of hydrogen-bond acceptors (Lipinski definition) is 6. The van der Waals surface area contributed by atoms with Crippen LogP contribution in [0.15, 0.2) is 12.4 Å². The number of aromatic nitrogens is 2. The quantitative estimate of drug-likeness (QED) is 0.917. The van der Waals surface area contributed by atoms with Crippen molar-refractivity contribution >= 4 is 21.6 Å². The standard InChI is InChI=1S/C16H24N4OS/c1-20(2)8-7-13-9-14-15(18-10-19-16(14)22-13)21-12-5-3-11(17)4-6-12/h9-12H,3-8,17H2,1-2H3. The van der Waals surface area contributed by atoms with E-state index in [1.807, 2.05) is 0 Å². The molecule has 0 saturated heterocycles. The van der Waals surface area contributed by atoms with Crippen molar-refractivity contribution in [2.45, 2.75) is 44.2 Å². The molecule has 0 spiro atoms. The van der Waals surface area contributed by atoms with Crippen LogP contribution in [-0.2, 0) is 6.42 Å². The smallest absolute Gasteiger partial charge is 0.225 e. The third-order valence-corrected chi connectivity index (χ3v) is 5.25. The lowest BCUT2D eigenvalue weighted by atomic mass is 9.94. The number of nitrogens with two attached hydrogens (primary N) is 1. The van der Waals surface area contributed by atoms with E-state index in [0.717, 1.165) is 54.7 Å². The van der Waals surface area contributed by atoms with Crippen LogP contribution in [0, 0.1) is 0 Å². The van der Waals surface area contributed by atoms with E-state index in [0.29, 0.717) is 6.04 Å². The molecule has 0 unspecified atom stereocenters. The van der Waals surface area contributed by atoms with E-state index in [1.54, 1.807) is 17.7 Å². The maximum atomic E-state index is 6.15. The Kier molecular flexibility index (Phi) is 4.90. The molecule has 0 aliphatic heterocycles. The van der Waals surface area contributed by atoms with Crippen LogP contribution in [-0.4, -0.2) is 47.7 Å². The third-order valence-electron chi connectivity index (χ3n) is 4.15. The average molecular weight is 320 g/mol. The Morgan fingerprint density at radius 2 is 2.05 bits per heavy atom. The summed E-state index contributed by atoms with van der Waals surface area (Å²) < 4.78 is 6.15. The van der Waals surface area contributed by atoms with Crippen LogP contribution in [0.5, 0.6) is 5.88 Å². The van der Waals surface area contributed by atoms with Crippen molar-refractivity contribution in [1.82, 2.24) is 14.9 Å². The fraction of sp³-hybridized carbons (Fsp3) is 0.625. The van der Waals surface area contributed by atoms with Crippen molar-refractivity contribution in [3.63, 3.8) is 0 Å². The highest BCUT2D eigenvalue weighted by molar-refractivity contribution is 7.18. The van der Waals surface area contributed by atoms with Crippen LogP contribution in [0.1, 0.15) is 30.6 Å². The zero-order chi connectivity index (χ0) is 15.5. The normalized spacial score (nSPS) is 22.4. The molecular weight excluding hydrogens is 296 g/mol. The van der Waals surface area contributed by atoms with Gasteiger partial charge in [-0.25, -0.2) is 9.97 Å². The van der Waals surface area contributed by atoms with Gasteiger partial charge in [0, 0.05) is 17.5 Å². The summed E-state index contributed by atoms with van der Waals surface area (Å²) >= 11 is 1.74. The van der Waals surface area contributed by atoms with E-state index in [4.69, 9.17) is 10.5 Å². The summed E-state index contributed by atoms with van der Waals surface area (Å²) in [6, 6.07) is 2.52. The molecule has 6 heteroatoms. The Morgan fingerprint density at radius 1 is 1.27 bits per heavy atom. The third kappa shape index (κ3) is 3.74. The summed E-state index contributed by atoms with van der Waals surface area (Å²) in [6.45, 7) is 1.04. The molecule has 1 saturated carbocycles. The molecule has 2 N–H and O–H groups in total. The first-order valence-electron chi connectivity index (χ1n) is 7.92. The fourth-order valence-electron chi connectivity index (χ4n) is 2.80. The summed E-state index contributed by atoms with van der Waals surface area (Å²) in [5, 5.41) is 1.05. The first kappa shape index (κ1) is 15.6. The largest absolute Gasteiger partial charge is 0.474 e. The monoisotopic (exact) mass is 320 g/mol. The van der Waals surface area contributed by atoms with Crippen molar-refractivity contribution in [2.75, 3.05) is 20.6 Å². The van der Waals surface area contributed by atoms with E-state index >= 15 is 0 Å². The molecule has 1 aliphatic rings. The van der Waals surface area contributed by atoms with Gasteiger partial charge in [-0.15, -0.1) is 11.3 Å². The summed E-state index contributed by atoms with van der Waals surface area (Å²) in [5.41, 5.74) is 5.96. The van der Waals surface area contributed by atoms with E-state index < -0.39 is 0 Å². The van der Waals surface area contributed by atoms with Gasteiger partial charge in [-0.2, -0.15) is 0 Å². The maximum absolute atomic E-state index is 6.15. The fourth-order valence-corrected chi connectivity index (χ4v) is 3.77. The molecule has 1 fully saturated rings. The predicted octanol–water partition coefficient (Wildman–Crippen LogP) is 2.44. The molecule has 2 aromatic heterocycles. The van der Waals surface area contributed by atoms with Gasteiger partial charge in [0.1, 0.15) is 17.3 Å². The van der Waals surface area contributed by atoms with Crippen molar-refractivity contribution in [1.29, 1.82) is 0 Å². The molecular formula is C16H24N4OS. The van der Waals surface area contributed by atoms with Crippen LogP contribution in [0.2, 0.25) is 0 Å². The van der Waals surface area contributed by atoms with Crippen LogP contribution in [0.25, 0.3) is 10.2 Å². The first-order chi connectivity index (χ1) is 10.6. The number of hydrogen-bond donors (Lipinski definition) is 1. The number of thiophene rings is 1. The molecule has 2 aromatic rings. The molecule has 3 rings (SSSR count). The molecule has 120 valence electrons. The van der Waals surface area contributed by atoms with E-state index in [2.05, 4.69) is 35.0 Å². The molecule has 0 amide bonds. The molecule has 0 radical (unpaired) electrons.